The average molecular weight is 288 g/mol. The minimum absolute atomic E-state index is 0.0154. The first-order valence-corrected chi connectivity index (χ1v) is 6.47. The summed E-state index contributed by atoms with van der Waals surface area (Å²) in [5, 5.41) is 14.6. The number of amides is 1. The van der Waals surface area contributed by atoms with Crippen LogP contribution < -0.4 is 5.32 Å². The van der Waals surface area contributed by atoms with E-state index in [1.165, 1.54) is 11.0 Å². The van der Waals surface area contributed by atoms with Crippen molar-refractivity contribution < 1.29 is 9.72 Å². The lowest BCUT2D eigenvalue weighted by molar-refractivity contribution is -0.383. The van der Waals surface area contributed by atoms with Crippen LogP contribution in [0.3, 0.4) is 0 Å². The van der Waals surface area contributed by atoms with E-state index in [2.05, 4.69) is 10.3 Å². The quantitative estimate of drug-likeness (QED) is 0.671. The zero-order valence-corrected chi connectivity index (χ0v) is 11.9. The van der Waals surface area contributed by atoms with Crippen molar-refractivity contribution in [2.75, 3.05) is 26.0 Å². The number of carbonyl (C=O) groups is 1. The maximum Gasteiger partial charge on any atom is 0.278 e. The molecule has 1 aromatic carbocycles. The van der Waals surface area contributed by atoms with Crippen LogP contribution in [0.25, 0.3) is 10.9 Å². The van der Waals surface area contributed by atoms with Crippen LogP contribution >= 0.6 is 0 Å². The molecule has 0 saturated heterocycles. The maximum absolute atomic E-state index is 11.5. The number of benzene rings is 1. The number of nitro groups is 1. The molecule has 1 aromatic heterocycles. The lowest BCUT2D eigenvalue weighted by atomic mass is 10.1. The number of hydrogen-bond donors (Lipinski definition) is 1. The molecule has 0 aliphatic heterocycles. The molecule has 0 bridgehead atoms. The summed E-state index contributed by atoms with van der Waals surface area (Å²) in [4.78, 5) is 27.8. The van der Waals surface area contributed by atoms with Crippen molar-refractivity contribution >= 4 is 28.2 Å². The van der Waals surface area contributed by atoms with Crippen molar-refractivity contribution in [1.29, 1.82) is 0 Å². The third-order valence-corrected chi connectivity index (χ3v) is 3.10. The normalized spacial score (nSPS) is 10.4. The van der Waals surface area contributed by atoms with Gasteiger partial charge in [0.05, 0.1) is 16.0 Å². The highest BCUT2D eigenvalue weighted by Gasteiger charge is 2.14. The molecular formula is C14H16N4O3. The fourth-order valence-corrected chi connectivity index (χ4v) is 1.99. The van der Waals surface area contributed by atoms with Crippen LogP contribution in [-0.4, -0.2) is 41.4 Å². The van der Waals surface area contributed by atoms with E-state index >= 15 is 0 Å². The third kappa shape index (κ3) is 3.25. The minimum Gasteiger partial charge on any atom is -0.383 e. The average Bonchev–Trinajstić information content (AvgIpc) is 2.46. The number of pyridine rings is 1. The molecule has 0 radical (unpaired) electrons. The second-order valence-electron chi connectivity index (χ2n) is 4.75. The van der Waals surface area contributed by atoms with Gasteiger partial charge in [0.2, 0.25) is 5.91 Å². The summed E-state index contributed by atoms with van der Waals surface area (Å²) in [6, 6.07) is 6.39. The Hall–Kier alpha value is -2.70. The molecule has 1 heterocycles. The van der Waals surface area contributed by atoms with Crippen molar-refractivity contribution in [2.45, 2.75) is 6.42 Å². The van der Waals surface area contributed by atoms with Gasteiger partial charge in [-0.25, -0.2) is 0 Å². The first kappa shape index (κ1) is 14.7. The molecule has 21 heavy (non-hydrogen) atoms. The Morgan fingerprint density at radius 3 is 2.81 bits per heavy atom. The lowest BCUT2D eigenvalue weighted by Gasteiger charge is -2.12. The van der Waals surface area contributed by atoms with Gasteiger partial charge in [-0.3, -0.25) is 19.9 Å². The third-order valence-electron chi connectivity index (χ3n) is 3.10. The Labute approximate surface area is 121 Å². The van der Waals surface area contributed by atoms with E-state index in [0.717, 1.165) is 0 Å². The van der Waals surface area contributed by atoms with Gasteiger partial charge in [0.15, 0.2) is 0 Å². The largest absolute Gasteiger partial charge is 0.383 e. The first-order valence-electron chi connectivity index (χ1n) is 6.47. The van der Waals surface area contributed by atoms with Gasteiger partial charge < -0.3 is 10.2 Å². The molecule has 1 N–H and O–H groups in total. The summed E-state index contributed by atoms with van der Waals surface area (Å²) in [6.07, 6.45) is 1.93. The number of rotatable bonds is 5. The van der Waals surface area contributed by atoms with E-state index < -0.39 is 4.92 Å². The zero-order valence-electron chi connectivity index (χ0n) is 11.9. The summed E-state index contributed by atoms with van der Waals surface area (Å²) >= 11 is 0. The molecule has 7 heteroatoms. The number of hydrogen-bond acceptors (Lipinski definition) is 5. The number of nitro benzene ring substituents is 1. The molecule has 0 spiro atoms. The van der Waals surface area contributed by atoms with Crippen LogP contribution in [0.15, 0.2) is 30.5 Å². The number of anilines is 1. The van der Waals surface area contributed by atoms with Crippen molar-refractivity contribution in [3.63, 3.8) is 0 Å². The number of nitrogens with one attached hydrogen (secondary N) is 1. The molecule has 0 aliphatic carbocycles. The number of aromatic nitrogens is 1. The highest BCUT2D eigenvalue weighted by molar-refractivity contribution is 5.96. The first-order chi connectivity index (χ1) is 10.0. The monoisotopic (exact) mass is 288 g/mol. The predicted molar refractivity (Wildman–Crippen MR) is 80.2 cm³/mol. The second kappa shape index (κ2) is 6.17. The highest BCUT2D eigenvalue weighted by atomic mass is 16.6. The molecule has 0 aliphatic rings. The number of fused-ring (bicyclic) bond motifs is 1. The van der Waals surface area contributed by atoms with Gasteiger partial charge in [0.25, 0.3) is 5.69 Å². The van der Waals surface area contributed by atoms with Crippen LogP contribution in [0.4, 0.5) is 11.4 Å². The summed E-state index contributed by atoms with van der Waals surface area (Å²) in [5.74, 6) is 0.0154. The molecular weight excluding hydrogens is 272 g/mol. The highest BCUT2D eigenvalue weighted by Crippen LogP contribution is 2.29. The zero-order chi connectivity index (χ0) is 15.4. The van der Waals surface area contributed by atoms with E-state index in [1.807, 2.05) is 0 Å². The molecule has 7 nitrogen and oxygen atoms in total. The van der Waals surface area contributed by atoms with Gasteiger partial charge in [0.1, 0.15) is 5.52 Å². The molecule has 0 fully saturated rings. The fraction of sp³-hybridized carbons (Fsp3) is 0.286. The van der Waals surface area contributed by atoms with Crippen LogP contribution in [0.1, 0.15) is 6.42 Å². The van der Waals surface area contributed by atoms with E-state index in [4.69, 9.17) is 0 Å². The van der Waals surface area contributed by atoms with Crippen molar-refractivity contribution in [3.8, 4) is 0 Å². The number of nitrogens with zero attached hydrogens (tertiary/aromatic N) is 3. The Morgan fingerprint density at radius 1 is 1.38 bits per heavy atom. The van der Waals surface area contributed by atoms with E-state index in [-0.39, 0.29) is 11.6 Å². The van der Waals surface area contributed by atoms with Gasteiger partial charge in [-0.1, -0.05) is 0 Å². The summed E-state index contributed by atoms with van der Waals surface area (Å²) in [7, 11) is 3.40. The molecule has 0 atom stereocenters. The summed E-state index contributed by atoms with van der Waals surface area (Å²) in [6.45, 7) is 0.445. The smallest absolute Gasteiger partial charge is 0.278 e. The Balaban J connectivity index is 2.23. The predicted octanol–water partition coefficient (Wildman–Crippen LogP) is 2.03. The van der Waals surface area contributed by atoms with Crippen LogP contribution in [0, 0.1) is 10.1 Å². The minimum atomic E-state index is -0.427. The lowest BCUT2D eigenvalue weighted by Crippen LogP contribution is -2.23. The number of carbonyl (C=O) groups excluding carboxylic acids is 1. The van der Waals surface area contributed by atoms with Gasteiger partial charge in [-0.2, -0.15) is 0 Å². The SMILES string of the molecule is CN(C)C(=O)CCNc1ccc([N+](=O)[O-])c2cccnc12. The topological polar surface area (TPSA) is 88.4 Å². The van der Waals surface area contributed by atoms with Crippen molar-refractivity contribution in [1.82, 2.24) is 9.88 Å². The van der Waals surface area contributed by atoms with Crippen LogP contribution in [0.5, 0.6) is 0 Å². The fourth-order valence-electron chi connectivity index (χ4n) is 1.99. The number of non-ortho nitro benzene ring substituents is 1. The summed E-state index contributed by atoms with van der Waals surface area (Å²) in [5.41, 5.74) is 1.24. The Bertz CT molecular complexity index is 685. The van der Waals surface area contributed by atoms with Crippen molar-refractivity contribution in [3.05, 3.63) is 40.6 Å². The van der Waals surface area contributed by atoms with E-state index in [1.54, 1.807) is 38.5 Å². The standard InChI is InChI=1S/C14H16N4O3/c1-17(2)13(19)7-9-15-11-5-6-12(18(20)21)10-4-3-8-16-14(10)11/h3-6,8,15H,7,9H2,1-2H3. The Morgan fingerprint density at radius 2 is 2.14 bits per heavy atom. The van der Waals surface area contributed by atoms with Gasteiger partial charge in [0, 0.05) is 39.3 Å². The summed E-state index contributed by atoms with van der Waals surface area (Å²) < 4.78 is 0. The van der Waals surface area contributed by atoms with E-state index in [0.29, 0.717) is 29.6 Å². The van der Waals surface area contributed by atoms with Gasteiger partial charge >= 0.3 is 0 Å². The van der Waals surface area contributed by atoms with Gasteiger partial charge in [-0.05, 0) is 18.2 Å². The molecule has 0 unspecified atom stereocenters. The van der Waals surface area contributed by atoms with Crippen LogP contribution in [-0.2, 0) is 4.79 Å². The molecule has 110 valence electrons. The maximum atomic E-state index is 11.5. The van der Waals surface area contributed by atoms with E-state index in [9.17, 15) is 14.9 Å². The molecule has 2 rings (SSSR count). The molecule has 2 aromatic rings. The van der Waals surface area contributed by atoms with Gasteiger partial charge in [-0.15, -0.1) is 0 Å². The second-order valence-corrected chi connectivity index (χ2v) is 4.75. The molecule has 1 amide bonds. The van der Waals surface area contributed by atoms with Crippen LogP contribution in [0.2, 0.25) is 0 Å². The molecule has 0 saturated carbocycles. The Kier molecular flexibility index (Phi) is 4.32. The van der Waals surface area contributed by atoms with Crippen molar-refractivity contribution in [2.24, 2.45) is 0 Å².